The van der Waals surface area contributed by atoms with Gasteiger partial charge in [-0.2, -0.15) is 0 Å². The Bertz CT molecular complexity index is 768. The standard InChI is InChI=1S/C20H28N4OS/c1-14-17(26-19(21)22-14)13-23-9-11-24(12-10-23)18(25)15-5-7-16(8-6-15)20(2,3)4/h5-8H,9-13H2,1-4H3,(H2,21,22). The van der Waals surface area contributed by atoms with Gasteiger partial charge in [0.05, 0.1) is 5.69 Å². The third-order valence-electron chi connectivity index (χ3n) is 4.93. The van der Waals surface area contributed by atoms with Gasteiger partial charge in [-0.05, 0) is 30.0 Å². The van der Waals surface area contributed by atoms with Crippen LogP contribution < -0.4 is 5.73 Å². The third kappa shape index (κ3) is 4.24. The second kappa shape index (κ2) is 7.37. The third-order valence-corrected chi connectivity index (χ3v) is 5.91. The van der Waals surface area contributed by atoms with E-state index in [-0.39, 0.29) is 11.3 Å². The van der Waals surface area contributed by atoms with Crippen LogP contribution in [0.25, 0.3) is 0 Å². The molecule has 1 aromatic carbocycles. The van der Waals surface area contributed by atoms with E-state index in [4.69, 9.17) is 5.73 Å². The molecule has 0 aliphatic carbocycles. The quantitative estimate of drug-likeness (QED) is 0.898. The van der Waals surface area contributed by atoms with E-state index in [1.54, 1.807) is 11.3 Å². The summed E-state index contributed by atoms with van der Waals surface area (Å²) < 4.78 is 0. The Morgan fingerprint density at radius 1 is 1.15 bits per heavy atom. The number of nitrogens with zero attached hydrogens (tertiary/aromatic N) is 3. The van der Waals surface area contributed by atoms with Crippen LogP contribution in [0.1, 0.15) is 47.3 Å². The Balaban J connectivity index is 1.57. The minimum Gasteiger partial charge on any atom is -0.375 e. The maximum absolute atomic E-state index is 12.8. The molecule has 1 fully saturated rings. The van der Waals surface area contributed by atoms with Crippen LogP contribution >= 0.6 is 11.3 Å². The number of rotatable bonds is 3. The summed E-state index contributed by atoms with van der Waals surface area (Å²) in [6.45, 7) is 12.7. The molecule has 5 nitrogen and oxygen atoms in total. The summed E-state index contributed by atoms with van der Waals surface area (Å²) in [6.07, 6.45) is 0. The number of aromatic nitrogens is 1. The fourth-order valence-electron chi connectivity index (χ4n) is 3.20. The van der Waals surface area contributed by atoms with Gasteiger partial charge in [-0.3, -0.25) is 9.69 Å². The van der Waals surface area contributed by atoms with Gasteiger partial charge in [0.25, 0.3) is 5.91 Å². The molecule has 2 N–H and O–H groups in total. The van der Waals surface area contributed by atoms with Gasteiger partial charge in [0.1, 0.15) is 0 Å². The number of hydrogen-bond donors (Lipinski definition) is 1. The van der Waals surface area contributed by atoms with Crippen molar-refractivity contribution in [3.05, 3.63) is 46.0 Å². The van der Waals surface area contributed by atoms with Crippen molar-refractivity contribution >= 4 is 22.4 Å². The maximum Gasteiger partial charge on any atom is 0.253 e. The molecule has 0 unspecified atom stereocenters. The van der Waals surface area contributed by atoms with Gasteiger partial charge in [0.2, 0.25) is 0 Å². The average Bonchev–Trinajstić information content (AvgIpc) is 2.91. The molecule has 0 radical (unpaired) electrons. The van der Waals surface area contributed by atoms with E-state index in [1.165, 1.54) is 10.4 Å². The molecule has 1 aliphatic heterocycles. The number of carbonyl (C=O) groups excluding carboxylic acids is 1. The fourth-order valence-corrected chi connectivity index (χ4v) is 4.08. The van der Waals surface area contributed by atoms with Gasteiger partial charge in [-0.15, -0.1) is 11.3 Å². The summed E-state index contributed by atoms with van der Waals surface area (Å²) in [6, 6.07) is 8.05. The largest absolute Gasteiger partial charge is 0.375 e. The highest BCUT2D eigenvalue weighted by Crippen LogP contribution is 2.24. The van der Waals surface area contributed by atoms with Crippen molar-refractivity contribution in [3.63, 3.8) is 0 Å². The summed E-state index contributed by atoms with van der Waals surface area (Å²) in [4.78, 5) is 22.6. The number of piperazine rings is 1. The van der Waals surface area contributed by atoms with Crippen LogP contribution in [0, 0.1) is 6.92 Å². The van der Waals surface area contributed by atoms with Crippen LogP contribution in [0.15, 0.2) is 24.3 Å². The van der Waals surface area contributed by atoms with E-state index in [0.717, 1.165) is 44.0 Å². The number of benzene rings is 1. The molecule has 1 amide bonds. The highest BCUT2D eigenvalue weighted by Gasteiger charge is 2.23. The molecule has 0 spiro atoms. The Labute approximate surface area is 159 Å². The van der Waals surface area contributed by atoms with Gasteiger partial charge >= 0.3 is 0 Å². The van der Waals surface area contributed by atoms with Crippen LogP contribution in [0.4, 0.5) is 5.13 Å². The number of nitrogens with two attached hydrogens (primary N) is 1. The van der Waals surface area contributed by atoms with E-state index >= 15 is 0 Å². The topological polar surface area (TPSA) is 62.5 Å². The van der Waals surface area contributed by atoms with E-state index in [9.17, 15) is 4.79 Å². The summed E-state index contributed by atoms with van der Waals surface area (Å²) in [5.74, 6) is 0.128. The number of amides is 1. The zero-order chi connectivity index (χ0) is 18.9. The average molecular weight is 373 g/mol. The highest BCUT2D eigenvalue weighted by molar-refractivity contribution is 7.15. The van der Waals surface area contributed by atoms with Crippen molar-refractivity contribution in [2.24, 2.45) is 0 Å². The predicted octanol–water partition coefficient (Wildman–Crippen LogP) is 3.29. The minimum atomic E-state index is 0.103. The van der Waals surface area contributed by atoms with E-state index in [2.05, 4.69) is 42.8 Å². The van der Waals surface area contributed by atoms with Crippen LogP contribution in [0.3, 0.4) is 0 Å². The number of nitrogen functional groups attached to an aromatic ring is 1. The van der Waals surface area contributed by atoms with Crippen molar-refractivity contribution in [1.29, 1.82) is 0 Å². The second-order valence-corrected chi connectivity index (χ2v) is 9.07. The first-order valence-corrected chi connectivity index (χ1v) is 9.89. The monoisotopic (exact) mass is 372 g/mol. The first-order chi connectivity index (χ1) is 12.2. The smallest absolute Gasteiger partial charge is 0.253 e. The molecule has 2 aromatic rings. The van der Waals surface area contributed by atoms with Crippen LogP contribution in [-0.2, 0) is 12.0 Å². The van der Waals surface area contributed by atoms with Gasteiger partial charge in [-0.25, -0.2) is 4.98 Å². The lowest BCUT2D eigenvalue weighted by molar-refractivity contribution is 0.0629. The van der Waals surface area contributed by atoms with E-state index in [1.807, 2.05) is 24.0 Å². The maximum atomic E-state index is 12.8. The molecular weight excluding hydrogens is 344 g/mol. The molecular formula is C20H28N4OS. The predicted molar refractivity (Wildman–Crippen MR) is 108 cm³/mol. The number of hydrogen-bond acceptors (Lipinski definition) is 5. The normalized spacial score (nSPS) is 16.1. The molecule has 6 heteroatoms. The molecule has 1 saturated heterocycles. The van der Waals surface area contributed by atoms with Gasteiger partial charge in [-0.1, -0.05) is 32.9 Å². The number of thiazole rings is 1. The molecule has 0 bridgehead atoms. The van der Waals surface area contributed by atoms with Gasteiger partial charge < -0.3 is 10.6 Å². The lowest BCUT2D eigenvalue weighted by Gasteiger charge is -2.34. The lowest BCUT2D eigenvalue weighted by Crippen LogP contribution is -2.48. The van der Waals surface area contributed by atoms with E-state index < -0.39 is 0 Å². The SMILES string of the molecule is Cc1nc(N)sc1CN1CCN(C(=O)c2ccc(C(C)(C)C)cc2)CC1. The summed E-state index contributed by atoms with van der Waals surface area (Å²) in [5, 5.41) is 0.630. The molecule has 0 saturated carbocycles. The van der Waals surface area contributed by atoms with Crippen molar-refractivity contribution < 1.29 is 4.79 Å². The zero-order valence-electron chi connectivity index (χ0n) is 16.1. The molecule has 140 valence electrons. The van der Waals surface area contributed by atoms with Crippen molar-refractivity contribution in [1.82, 2.24) is 14.8 Å². The fraction of sp³-hybridized carbons (Fsp3) is 0.500. The van der Waals surface area contributed by atoms with Gasteiger partial charge in [0.15, 0.2) is 5.13 Å². The van der Waals surface area contributed by atoms with Crippen molar-refractivity contribution in [2.45, 2.75) is 39.7 Å². The van der Waals surface area contributed by atoms with E-state index in [0.29, 0.717) is 5.13 Å². The number of carbonyl (C=O) groups is 1. The lowest BCUT2D eigenvalue weighted by atomic mass is 9.86. The Kier molecular flexibility index (Phi) is 5.34. The number of aryl methyl sites for hydroxylation is 1. The molecule has 1 aromatic heterocycles. The van der Waals surface area contributed by atoms with Gasteiger partial charge in [0, 0.05) is 43.2 Å². The molecule has 0 atom stereocenters. The summed E-state index contributed by atoms with van der Waals surface area (Å²) >= 11 is 1.56. The number of anilines is 1. The molecule has 3 rings (SSSR count). The molecule has 2 heterocycles. The van der Waals surface area contributed by atoms with Crippen LogP contribution in [-0.4, -0.2) is 46.9 Å². The highest BCUT2D eigenvalue weighted by atomic mass is 32.1. The molecule has 1 aliphatic rings. The summed E-state index contributed by atoms with van der Waals surface area (Å²) in [5.41, 5.74) is 8.93. The molecule has 26 heavy (non-hydrogen) atoms. The minimum absolute atomic E-state index is 0.103. The first kappa shape index (κ1) is 18.9. The van der Waals surface area contributed by atoms with Crippen molar-refractivity contribution in [2.75, 3.05) is 31.9 Å². The van der Waals surface area contributed by atoms with Crippen LogP contribution in [0.2, 0.25) is 0 Å². The second-order valence-electron chi connectivity index (χ2n) is 7.96. The van der Waals surface area contributed by atoms with Crippen LogP contribution in [0.5, 0.6) is 0 Å². The Hall–Kier alpha value is -1.92. The summed E-state index contributed by atoms with van der Waals surface area (Å²) in [7, 11) is 0. The van der Waals surface area contributed by atoms with Crippen molar-refractivity contribution in [3.8, 4) is 0 Å². The first-order valence-electron chi connectivity index (χ1n) is 9.08. The zero-order valence-corrected chi connectivity index (χ0v) is 16.9. The Morgan fingerprint density at radius 2 is 1.77 bits per heavy atom. The Morgan fingerprint density at radius 3 is 2.27 bits per heavy atom.